The van der Waals surface area contributed by atoms with E-state index in [0.717, 1.165) is 32.5 Å². The van der Waals surface area contributed by atoms with Crippen molar-refractivity contribution in [2.45, 2.75) is 19.8 Å². The summed E-state index contributed by atoms with van der Waals surface area (Å²) in [4.78, 5) is 2.25. The maximum Gasteiger partial charge on any atom is 0.0443 e. The van der Waals surface area contributed by atoms with E-state index in [0.29, 0.717) is 0 Å². The highest BCUT2D eigenvalue weighted by Crippen LogP contribution is 1.92. The van der Waals surface area contributed by atoms with Crippen molar-refractivity contribution >= 4 is 0 Å². The fraction of sp³-hybridized carbons (Fsp3) is 0.778. The lowest BCUT2D eigenvalue weighted by atomic mass is 10.3. The monoisotopic (exact) mass is 155 g/mol. The summed E-state index contributed by atoms with van der Waals surface area (Å²) in [6, 6.07) is 0. The number of aliphatic hydroxyl groups excluding tert-OH is 1. The molecule has 0 aliphatic carbocycles. The highest BCUT2D eigenvalue weighted by molar-refractivity contribution is 4.84. The second-order valence-electron chi connectivity index (χ2n) is 2.47. The van der Waals surface area contributed by atoms with Gasteiger partial charge < -0.3 is 10.0 Å². The van der Waals surface area contributed by atoms with Crippen molar-refractivity contribution in [1.82, 2.24) is 4.90 Å². The molecule has 0 saturated carbocycles. The minimum absolute atomic E-state index is 0.270. The Morgan fingerprint density at radius 2 is 2.18 bits per heavy atom. The van der Waals surface area contributed by atoms with Crippen LogP contribution in [-0.2, 0) is 0 Å². The van der Waals surface area contributed by atoms with Gasteiger partial charge in [0, 0.05) is 26.1 Å². The lowest BCUT2D eigenvalue weighted by molar-refractivity contribution is 0.233. The summed E-state index contributed by atoms with van der Waals surface area (Å²) in [5, 5.41) is 8.57. The highest BCUT2D eigenvalue weighted by atomic mass is 16.3. The molecule has 0 aromatic heterocycles. The Balaban J connectivity index is 3.34. The highest BCUT2D eigenvalue weighted by Gasteiger charge is 1.98. The first-order chi connectivity index (χ1) is 5.35. The molecule has 0 rings (SSSR count). The zero-order valence-corrected chi connectivity index (χ0v) is 7.21. The van der Waals surface area contributed by atoms with Crippen LogP contribution in [0.3, 0.4) is 0 Å². The molecular formula is C9H17NO. The molecule has 0 saturated heterocycles. The zero-order chi connectivity index (χ0) is 8.53. The molecule has 0 bridgehead atoms. The standard InChI is InChI=1S/C9H17NO/c1-3-5-7-10(4-2)8-6-9-11/h1,11H,4-9H2,2H3. The van der Waals surface area contributed by atoms with Crippen LogP contribution in [0.2, 0.25) is 0 Å². The first-order valence-electron chi connectivity index (χ1n) is 4.11. The van der Waals surface area contributed by atoms with E-state index in [2.05, 4.69) is 17.7 Å². The molecule has 2 nitrogen and oxygen atoms in total. The molecule has 0 aromatic rings. The maximum atomic E-state index is 8.57. The van der Waals surface area contributed by atoms with Gasteiger partial charge in [-0.2, -0.15) is 0 Å². The second kappa shape index (κ2) is 7.59. The molecule has 11 heavy (non-hydrogen) atoms. The minimum atomic E-state index is 0.270. The number of terminal acetylenes is 1. The van der Waals surface area contributed by atoms with Crippen LogP contribution in [0.5, 0.6) is 0 Å². The van der Waals surface area contributed by atoms with Crippen LogP contribution in [0, 0.1) is 12.3 Å². The third-order valence-electron chi connectivity index (χ3n) is 1.65. The van der Waals surface area contributed by atoms with E-state index in [1.807, 2.05) is 0 Å². The summed E-state index contributed by atoms with van der Waals surface area (Å²) < 4.78 is 0. The predicted molar refractivity (Wildman–Crippen MR) is 47.3 cm³/mol. The van der Waals surface area contributed by atoms with Crippen molar-refractivity contribution in [3.63, 3.8) is 0 Å². The molecule has 0 radical (unpaired) electrons. The second-order valence-corrected chi connectivity index (χ2v) is 2.47. The van der Waals surface area contributed by atoms with Gasteiger partial charge in [0.2, 0.25) is 0 Å². The molecule has 64 valence electrons. The average Bonchev–Trinajstić information content (AvgIpc) is 2.05. The van der Waals surface area contributed by atoms with Gasteiger partial charge in [0.05, 0.1) is 0 Å². The van der Waals surface area contributed by atoms with Crippen molar-refractivity contribution in [3.05, 3.63) is 0 Å². The van der Waals surface area contributed by atoms with Crippen LogP contribution in [0.4, 0.5) is 0 Å². The van der Waals surface area contributed by atoms with Crippen LogP contribution < -0.4 is 0 Å². The van der Waals surface area contributed by atoms with Gasteiger partial charge in [-0.1, -0.05) is 6.92 Å². The Kier molecular flexibility index (Phi) is 7.23. The molecule has 0 atom stereocenters. The Labute approximate surface area is 69.2 Å². The molecule has 0 unspecified atom stereocenters. The Hall–Kier alpha value is -0.520. The van der Waals surface area contributed by atoms with Crippen molar-refractivity contribution in [2.75, 3.05) is 26.2 Å². The largest absolute Gasteiger partial charge is 0.396 e. The Morgan fingerprint density at radius 1 is 1.45 bits per heavy atom. The van der Waals surface area contributed by atoms with Gasteiger partial charge in [0.25, 0.3) is 0 Å². The smallest absolute Gasteiger partial charge is 0.0443 e. The third kappa shape index (κ3) is 5.90. The molecular weight excluding hydrogens is 138 g/mol. The van der Waals surface area contributed by atoms with Gasteiger partial charge in [-0.15, -0.1) is 12.3 Å². The molecule has 1 N–H and O–H groups in total. The normalized spacial score (nSPS) is 10.0. The molecule has 0 amide bonds. The quantitative estimate of drug-likeness (QED) is 0.571. The van der Waals surface area contributed by atoms with E-state index in [1.165, 1.54) is 0 Å². The van der Waals surface area contributed by atoms with Crippen LogP contribution in [-0.4, -0.2) is 36.2 Å². The van der Waals surface area contributed by atoms with Crippen molar-refractivity contribution < 1.29 is 5.11 Å². The van der Waals surface area contributed by atoms with Crippen LogP contribution in [0.25, 0.3) is 0 Å². The van der Waals surface area contributed by atoms with Crippen LogP contribution >= 0.6 is 0 Å². The topological polar surface area (TPSA) is 23.5 Å². The number of nitrogens with zero attached hydrogens (tertiary/aromatic N) is 1. The number of hydrogen-bond acceptors (Lipinski definition) is 2. The van der Waals surface area contributed by atoms with E-state index in [1.54, 1.807) is 0 Å². The summed E-state index contributed by atoms with van der Waals surface area (Å²) in [5.74, 6) is 2.60. The zero-order valence-electron chi connectivity index (χ0n) is 7.21. The molecule has 0 aliphatic heterocycles. The van der Waals surface area contributed by atoms with Crippen molar-refractivity contribution in [3.8, 4) is 12.3 Å². The molecule has 0 heterocycles. The fourth-order valence-corrected chi connectivity index (χ4v) is 0.945. The summed E-state index contributed by atoms with van der Waals surface area (Å²) in [7, 11) is 0. The molecule has 0 spiro atoms. The van der Waals surface area contributed by atoms with E-state index in [4.69, 9.17) is 11.5 Å². The minimum Gasteiger partial charge on any atom is -0.396 e. The van der Waals surface area contributed by atoms with Crippen molar-refractivity contribution in [1.29, 1.82) is 0 Å². The Morgan fingerprint density at radius 3 is 2.64 bits per heavy atom. The van der Waals surface area contributed by atoms with E-state index < -0.39 is 0 Å². The molecule has 0 aromatic carbocycles. The van der Waals surface area contributed by atoms with Crippen LogP contribution in [0.1, 0.15) is 19.8 Å². The fourth-order valence-electron chi connectivity index (χ4n) is 0.945. The molecule has 2 heteroatoms. The predicted octanol–water partition coefficient (Wildman–Crippen LogP) is 0.714. The average molecular weight is 155 g/mol. The number of aliphatic hydroxyl groups is 1. The first-order valence-corrected chi connectivity index (χ1v) is 4.11. The summed E-state index contributed by atoms with van der Waals surface area (Å²) in [5.41, 5.74) is 0. The van der Waals surface area contributed by atoms with Gasteiger partial charge in [-0.3, -0.25) is 0 Å². The Bertz CT molecular complexity index is 117. The van der Waals surface area contributed by atoms with Gasteiger partial charge >= 0.3 is 0 Å². The van der Waals surface area contributed by atoms with E-state index >= 15 is 0 Å². The summed E-state index contributed by atoms with van der Waals surface area (Å²) in [6.45, 7) is 5.30. The van der Waals surface area contributed by atoms with Gasteiger partial charge in [-0.25, -0.2) is 0 Å². The van der Waals surface area contributed by atoms with Crippen molar-refractivity contribution in [2.24, 2.45) is 0 Å². The lowest BCUT2D eigenvalue weighted by Crippen LogP contribution is -2.26. The molecule has 0 aliphatic rings. The summed E-state index contributed by atoms with van der Waals surface area (Å²) in [6.07, 6.45) is 6.78. The van der Waals surface area contributed by atoms with Crippen LogP contribution in [0.15, 0.2) is 0 Å². The van der Waals surface area contributed by atoms with Gasteiger partial charge in [0.15, 0.2) is 0 Å². The van der Waals surface area contributed by atoms with Gasteiger partial charge in [-0.05, 0) is 13.0 Å². The SMILES string of the molecule is C#CCCN(CC)CCCO. The first kappa shape index (κ1) is 10.5. The lowest BCUT2D eigenvalue weighted by Gasteiger charge is -2.17. The third-order valence-corrected chi connectivity index (χ3v) is 1.65. The maximum absolute atomic E-state index is 8.57. The molecule has 0 fully saturated rings. The van der Waals surface area contributed by atoms with E-state index in [9.17, 15) is 0 Å². The number of hydrogen-bond donors (Lipinski definition) is 1. The van der Waals surface area contributed by atoms with E-state index in [-0.39, 0.29) is 6.61 Å². The number of rotatable bonds is 6. The van der Waals surface area contributed by atoms with Gasteiger partial charge in [0.1, 0.15) is 0 Å². The summed E-state index contributed by atoms with van der Waals surface area (Å²) >= 11 is 0.